The highest BCUT2D eigenvalue weighted by Crippen LogP contribution is 2.18. The minimum absolute atomic E-state index is 0.223. The number of nitrogens with zero attached hydrogens (tertiary/aromatic N) is 4. The molecule has 0 aliphatic carbocycles. The molecule has 4 aromatic rings. The van der Waals surface area contributed by atoms with Crippen LogP contribution in [0.2, 0.25) is 0 Å². The van der Waals surface area contributed by atoms with E-state index < -0.39 is 5.56 Å². The molecule has 146 valence electrons. The molecule has 0 saturated carbocycles. The lowest BCUT2D eigenvalue weighted by Crippen LogP contribution is -2.30. The van der Waals surface area contributed by atoms with Crippen LogP contribution in [0.5, 0.6) is 0 Å². The van der Waals surface area contributed by atoms with Crippen molar-refractivity contribution in [1.82, 2.24) is 19.4 Å². The molecule has 0 bridgehead atoms. The molecule has 1 amide bonds. The number of hydrogen-bond donors (Lipinski definition) is 1. The van der Waals surface area contributed by atoms with Crippen LogP contribution < -0.4 is 10.9 Å². The van der Waals surface area contributed by atoms with Gasteiger partial charge in [0.2, 0.25) is 5.91 Å². The van der Waals surface area contributed by atoms with E-state index >= 15 is 0 Å². The quantitative estimate of drug-likeness (QED) is 0.580. The smallest absolute Gasteiger partial charge is 0.293 e. The first kappa shape index (κ1) is 18.5. The largest absolute Gasteiger partial charge is 0.324 e. The molecule has 0 atom stereocenters. The van der Waals surface area contributed by atoms with Gasteiger partial charge in [-0.25, -0.2) is 13.6 Å². The number of aromatic nitrogens is 4. The maximum atomic E-state index is 13.1. The van der Waals surface area contributed by atoms with Gasteiger partial charge < -0.3 is 5.32 Å². The Labute approximate surface area is 165 Å². The molecule has 7 nitrogen and oxygen atoms in total. The second kappa shape index (κ2) is 7.31. The van der Waals surface area contributed by atoms with Crippen molar-refractivity contribution in [1.29, 1.82) is 0 Å². The first-order valence-electron chi connectivity index (χ1n) is 8.99. The standard InChI is InChI=1S/C21H18FN5O2/c1-13-3-8-17(9-14(13)2)24-20(28)11-26-21(29)19-10-18(25-27(19)12-23-26)15-4-6-16(22)7-5-15/h3-10,12H,11H2,1-2H3,(H,24,28). The molecule has 1 N–H and O–H groups in total. The molecule has 4 rings (SSSR count). The van der Waals surface area contributed by atoms with E-state index in [2.05, 4.69) is 15.5 Å². The van der Waals surface area contributed by atoms with E-state index in [1.807, 2.05) is 32.0 Å². The van der Waals surface area contributed by atoms with Gasteiger partial charge in [0.25, 0.3) is 5.56 Å². The summed E-state index contributed by atoms with van der Waals surface area (Å²) in [6.07, 6.45) is 1.37. The number of rotatable bonds is 4. The predicted octanol–water partition coefficient (Wildman–Crippen LogP) is 2.95. The summed E-state index contributed by atoms with van der Waals surface area (Å²) in [6, 6.07) is 13.0. The third kappa shape index (κ3) is 3.77. The van der Waals surface area contributed by atoms with Gasteiger partial charge in [0.1, 0.15) is 24.2 Å². The van der Waals surface area contributed by atoms with Crippen LogP contribution in [0.15, 0.2) is 59.7 Å². The van der Waals surface area contributed by atoms with E-state index in [-0.39, 0.29) is 23.8 Å². The zero-order valence-electron chi connectivity index (χ0n) is 15.9. The second-order valence-electron chi connectivity index (χ2n) is 6.81. The van der Waals surface area contributed by atoms with Crippen molar-refractivity contribution < 1.29 is 9.18 Å². The highest BCUT2D eigenvalue weighted by Gasteiger charge is 2.13. The number of nitrogens with one attached hydrogen (secondary N) is 1. The molecule has 0 aliphatic rings. The third-order valence-corrected chi connectivity index (χ3v) is 4.71. The molecule has 2 aromatic heterocycles. The Kier molecular flexibility index (Phi) is 4.67. The normalized spacial score (nSPS) is 11.0. The third-order valence-electron chi connectivity index (χ3n) is 4.71. The molecule has 0 radical (unpaired) electrons. The lowest BCUT2D eigenvalue weighted by molar-refractivity contribution is -0.117. The molecule has 0 unspecified atom stereocenters. The van der Waals surface area contributed by atoms with Crippen LogP contribution in [0.1, 0.15) is 11.1 Å². The molecule has 2 aromatic carbocycles. The minimum atomic E-state index is -0.441. The maximum Gasteiger partial charge on any atom is 0.293 e. The van der Waals surface area contributed by atoms with Gasteiger partial charge >= 0.3 is 0 Å². The highest BCUT2D eigenvalue weighted by atomic mass is 19.1. The zero-order chi connectivity index (χ0) is 20.5. The topological polar surface area (TPSA) is 81.3 Å². The number of fused-ring (bicyclic) bond motifs is 1. The molecule has 0 fully saturated rings. The lowest BCUT2D eigenvalue weighted by atomic mass is 10.1. The fraction of sp³-hybridized carbons (Fsp3) is 0.143. The fourth-order valence-electron chi connectivity index (χ4n) is 2.97. The summed E-state index contributed by atoms with van der Waals surface area (Å²) in [7, 11) is 0. The Balaban J connectivity index is 1.58. The second-order valence-corrected chi connectivity index (χ2v) is 6.81. The van der Waals surface area contributed by atoms with Crippen molar-refractivity contribution in [2.24, 2.45) is 0 Å². The van der Waals surface area contributed by atoms with Gasteiger partial charge in [0.15, 0.2) is 0 Å². The number of hydrogen-bond acceptors (Lipinski definition) is 4. The van der Waals surface area contributed by atoms with Gasteiger partial charge in [-0.2, -0.15) is 10.2 Å². The van der Waals surface area contributed by atoms with E-state index in [4.69, 9.17) is 0 Å². The summed E-state index contributed by atoms with van der Waals surface area (Å²) in [5, 5.41) is 11.1. The van der Waals surface area contributed by atoms with E-state index in [0.29, 0.717) is 16.9 Å². The van der Waals surface area contributed by atoms with Crippen molar-refractivity contribution in [3.05, 3.63) is 82.2 Å². The number of carbonyl (C=O) groups is 1. The molecule has 0 spiro atoms. The van der Waals surface area contributed by atoms with Crippen LogP contribution in [0.25, 0.3) is 16.8 Å². The van der Waals surface area contributed by atoms with Crippen molar-refractivity contribution >= 4 is 17.1 Å². The number of aryl methyl sites for hydroxylation is 2. The molecular weight excluding hydrogens is 373 g/mol. The molecule has 2 heterocycles. The first-order valence-corrected chi connectivity index (χ1v) is 8.99. The maximum absolute atomic E-state index is 13.1. The van der Waals surface area contributed by atoms with Crippen molar-refractivity contribution in [2.75, 3.05) is 5.32 Å². The number of halogens is 1. The van der Waals surface area contributed by atoms with E-state index in [9.17, 15) is 14.0 Å². The Morgan fingerprint density at radius 1 is 1.07 bits per heavy atom. The Morgan fingerprint density at radius 3 is 2.55 bits per heavy atom. The van der Waals surface area contributed by atoms with Crippen LogP contribution in [0.3, 0.4) is 0 Å². The Morgan fingerprint density at radius 2 is 1.83 bits per heavy atom. The molecule has 29 heavy (non-hydrogen) atoms. The monoisotopic (exact) mass is 391 g/mol. The zero-order valence-corrected chi connectivity index (χ0v) is 15.9. The van der Waals surface area contributed by atoms with E-state index in [1.165, 1.54) is 23.0 Å². The predicted molar refractivity (Wildman–Crippen MR) is 107 cm³/mol. The first-order chi connectivity index (χ1) is 13.9. The lowest BCUT2D eigenvalue weighted by Gasteiger charge is -2.08. The van der Waals surface area contributed by atoms with Crippen LogP contribution >= 0.6 is 0 Å². The summed E-state index contributed by atoms with van der Waals surface area (Å²) in [5.41, 5.74) is 3.88. The van der Waals surface area contributed by atoms with Crippen molar-refractivity contribution in [3.8, 4) is 11.3 Å². The number of carbonyl (C=O) groups excluding carboxylic acids is 1. The number of amides is 1. The van der Waals surface area contributed by atoms with E-state index in [0.717, 1.165) is 15.8 Å². The summed E-state index contributed by atoms with van der Waals surface area (Å²) >= 11 is 0. The summed E-state index contributed by atoms with van der Waals surface area (Å²) < 4.78 is 15.5. The summed E-state index contributed by atoms with van der Waals surface area (Å²) in [6.45, 7) is 3.73. The number of anilines is 1. The van der Waals surface area contributed by atoms with Gasteiger partial charge in [0.05, 0.1) is 5.69 Å². The van der Waals surface area contributed by atoms with Gasteiger partial charge in [0, 0.05) is 11.3 Å². The van der Waals surface area contributed by atoms with Crippen molar-refractivity contribution in [3.63, 3.8) is 0 Å². The fourth-order valence-corrected chi connectivity index (χ4v) is 2.97. The summed E-state index contributed by atoms with van der Waals surface area (Å²) in [4.78, 5) is 25.1. The van der Waals surface area contributed by atoms with Crippen LogP contribution in [-0.4, -0.2) is 25.3 Å². The van der Waals surface area contributed by atoms with Crippen LogP contribution in [-0.2, 0) is 11.3 Å². The molecular formula is C21H18FN5O2. The molecule has 0 saturated heterocycles. The minimum Gasteiger partial charge on any atom is -0.324 e. The average molecular weight is 391 g/mol. The highest BCUT2D eigenvalue weighted by molar-refractivity contribution is 5.90. The van der Waals surface area contributed by atoms with Gasteiger partial charge in [-0.3, -0.25) is 9.59 Å². The van der Waals surface area contributed by atoms with Crippen LogP contribution in [0.4, 0.5) is 10.1 Å². The Hall–Kier alpha value is -3.81. The van der Waals surface area contributed by atoms with Crippen LogP contribution in [0, 0.1) is 19.7 Å². The SMILES string of the molecule is Cc1ccc(NC(=O)Cn2ncn3nc(-c4ccc(F)cc4)cc3c2=O)cc1C. The summed E-state index contributed by atoms with van der Waals surface area (Å²) in [5.74, 6) is -0.707. The molecule has 8 heteroatoms. The van der Waals surface area contributed by atoms with E-state index in [1.54, 1.807) is 18.2 Å². The Bertz CT molecular complexity index is 1270. The van der Waals surface area contributed by atoms with Gasteiger partial charge in [-0.05, 0) is 67.4 Å². The number of benzene rings is 2. The molecule has 0 aliphatic heterocycles. The average Bonchev–Trinajstić information content (AvgIpc) is 3.13. The van der Waals surface area contributed by atoms with Gasteiger partial charge in [-0.1, -0.05) is 6.07 Å². The van der Waals surface area contributed by atoms with Gasteiger partial charge in [-0.15, -0.1) is 0 Å². The van der Waals surface area contributed by atoms with Crippen molar-refractivity contribution in [2.45, 2.75) is 20.4 Å².